The number of carbonyl (C=O) groups is 1. The molecule has 0 saturated heterocycles. The number of nitrogens with zero attached hydrogens (tertiary/aromatic N) is 1. The second-order valence-electron chi connectivity index (χ2n) is 3.82. The molecule has 3 nitrogen and oxygen atoms in total. The summed E-state index contributed by atoms with van der Waals surface area (Å²) in [6, 6.07) is 6.25. The van der Waals surface area contributed by atoms with Gasteiger partial charge < -0.3 is 4.74 Å². The number of ether oxygens (including phenoxy) is 1. The Labute approximate surface area is 108 Å². The molecule has 0 radical (unpaired) electrons. The summed E-state index contributed by atoms with van der Waals surface area (Å²) >= 11 is 1.31. The Morgan fingerprint density at radius 3 is 2.67 bits per heavy atom. The fraction of sp³-hybridized carbons (Fsp3) is 0.231. The van der Waals surface area contributed by atoms with Gasteiger partial charge in [0.2, 0.25) is 0 Å². The summed E-state index contributed by atoms with van der Waals surface area (Å²) in [5.41, 5.74) is 1.63. The van der Waals surface area contributed by atoms with Crippen LogP contribution >= 0.6 is 11.3 Å². The van der Waals surface area contributed by atoms with Crippen LogP contribution in [0.2, 0.25) is 0 Å². The lowest BCUT2D eigenvalue weighted by atomic mass is 10.1. The van der Waals surface area contributed by atoms with Crippen molar-refractivity contribution in [1.82, 2.24) is 4.98 Å². The van der Waals surface area contributed by atoms with Crippen molar-refractivity contribution in [2.75, 3.05) is 7.11 Å². The summed E-state index contributed by atoms with van der Waals surface area (Å²) in [6.45, 7) is 1.77. The van der Waals surface area contributed by atoms with Crippen LogP contribution in [0.5, 0.6) is 0 Å². The van der Waals surface area contributed by atoms with E-state index in [4.69, 9.17) is 0 Å². The van der Waals surface area contributed by atoms with Gasteiger partial charge >= 0.3 is 5.97 Å². The topological polar surface area (TPSA) is 39.2 Å². The Morgan fingerprint density at radius 1 is 1.39 bits per heavy atom. The monoisotopic (exact) mass is 265 g/mol. The standard InChI is InChI=1S/C13H12FNO2S/c1-8-12(13(16)17-2)18-11(15-8)7-9-3-5-10(14)6-4-9/h3-6H,7H2,1-2H3. The van der Waals surface area contributed by atoms with Gasteiger partial charge in [-0.05, 0) is 24.6 Å². The van der Waals surface area contributed by atoms with Crippen molar-refractivity contribution >= 4 is 17.3 Å². The van der Waals surface area contributed by atoms with E-state index in [1.165, 1.54) is 30.6 Å². The zero-order valence-corrected chi connectivity index (χ0v) is 10.9. The number of aromatic nitrogens is 1. The molecule has 1 aromatic carbocycles. The third-order valence-corrected chi connectivity index (χ3v) is 3.62. The van der Waals surface area contributed by atoms with E-state index in [1.54, 1.807) is 19.1 Å². The lowest BCUT2D eigenvalue weighted by Crippen LogP contribution is -1.99. The van der Waals surface area contributed by atoms with Crippen LogP contribution in [0.15, 0.2) is 24.3 Å². The Bertz CT molecular complexity index is 563. The lowest BCUT2D eigenvalue weighted by molar-refractivity contribution is 0.0605. The van der Waals surface area contributed by atoms with Crippen molar-refractivity contribution in [3.63, 3.8) is 0 Å². The Hall–Kier alpha value is -1.75. The normalized spacial score (nSPS) is 10.4. The SMILES string of the molecule is COC(=O)c1sc(Cc2ccc(F)cc2)nc1C. The minimum absolute atomic E-state index is 0.260. The van der Waals surface area contributed by atoms with Crippen molar-refractivity contribution in [3.05, 3.63) is 51.2 Å². The molecule has 0 aliphatic rings. The van der Waals surface area contributed by atoms with Crippen LogP contribution in [-0.2, 0) is 11.2 Å². The van der Waals surface area contributed by atoms with Gasteiger partial charge in [0.1, 0.15) is 10.7 Å². The zero-order chi connectivity index (χ0) is 13.1. The number of hydrogen-bond donors (Lipinski definition) is 0. The molecule has 0 aliphatic heterocycles. The van der Waals surface area contributed by atoms with Crippen LogP contribution in [0.3, 0.4) is 0 Å². The third kappa shape index (κ3) is 2.73. The molecule has 2 rings (SSSR count). The van der Waals surface area contributed by atoms with Crippen LogP contribution < -0.4 is 0 Å². The fourth-order valence-electron chi connectivity index (χ4n) is 1.59. The second-order valence-corrected chi connectivity index (χ2v) is 4.90. The fourth-order valence-corrected chi connectivity index (χ4v) is 2.60. The molecule has 0 unspecified atom stereocenters. The van der Waals surface area contributed by atoms with Gasteiger partial charge in [-0.25, -0.2) is 14.2 Å². The average molecular weight is 265 g/mol. The molecule has 0 bridgehead atoms. The van der Waals surface area contributed by atoms with E-state index >= 15 is 0 Å². The summed E-state index contributed by atoms with van der Waals surface area (Å²) in [5.74, 6) is -0.625. The Morgan fingerprint density at radius 2 is 2.06 bits per heavy atom. The second kappa shape index (κ2) is 5.27. The maximum absolute atomic E-state index is 12.8. The molecule has 1 aromatic heterocycles. The van der Waals surface area contributed by atoms with Gasteiger partial charge in [0.05, 0.1) is 17.8 Å². The molecule has 5 heteroatoms. The molecule has 0 saturated carbocycles. The number of halogens is 1. The van der Waals surface area contributed by atoms with Gasteiger partial charge in [-0.2, -0.15) is 0 Å². The molecule has 0 aliphatic carbocycles. The van der Waals surface area contributed by atoms with Crippen LogP contribution in [0.25, 0.3) is 0 Å². The predicted molar refractivity (Wildman–Crippen MR) is 67.4 cm³/mol. The summed E-state index contributed by atoms with van der Waals surface area (Å²) in [4.78, 5) is 16.3. The molecule has 0 amide bonds. The molecule has 94 valence electrons. The number of rotatable bonds is 3. The van der Waals surface area contributed by atoms with Crippen molar-refractivity contribution in [2.24, 2.45) is 0 Å². The average Bonchev–Trinajstić information content (AvgIpc) is 2.72. The molecule has 0 atom stereocenters. The molecule has 2 aromatic rings. The Balaban J connectivity index is 2.20. The highest BCUT2D eigenvalue weighted by Crippen LogP contribution is 2.21. The maximum Gasteiger partial charge on any atom is 0.349 e. The first-order valence-corrected chi connectivity index (χ1v) is 6.21. The third-order valence-electron chi connectivity index (χ3n) is 2.48. The molecule has 18 heavy (non-hydrogen) atoms. The maximum atomic E-state index is 12.8. The summed E-state index contributed by atoms with van der Waals surface area (Å²) in [6.07, 6.45) is 0.586. The van der Waals surface area contributed by atoms with Crippen LogP contribution in [0, 0.1) is 12.7 Å². The minimum Gasteiger partial charge on any atom is -0.465 e. The number of benzene rings is 1. The molecular weight excluding hydrogens is 253 g/mol. The van der Waals surface area contributed by atoms with E-state index in [1.807, 2.05) is 0 Å². The number of esters is 1. The van der Waals surface area contributed by atoms with Gasteiger partial charge in [0, 0.05) is 6.42 Å². The van der Waals surface area contributed by atoms with Crippen molar-refractivity contribution in [3.8, 4) is 0 Å². The van der Waals surface area contributed by atoms with Crippen LogP contribution in [0.4, 0.5) is 4.39 Å². The molecular formula is C13H12FNO2S. The smallest absolute Gasteiger partial charge is 0.349 e. The van der Waals surface area contributed by atoms with Gasteiger partial charge in [-0.3, -0.25) is 0 Å². The van der Waals surface area contributed by atoms with Crippen LogP contribution in [0.1, 0.15) is 25.9 Å². The van der Waals surface area contributed by atoms with Crippen LogP contribution in [-0.4, -0.2) is 18.1 Å². The number of methoxy groups -OCH3 is 1. The molecule has 0 spiro atoms. The number of aryl methyl sites for hydroxylation is 1. The van der Waals surface area contributed by atoms with E-state index in [0.29, 0.717) is 17.0 Å². The molecule has 0 fully saturated rings. The summed E-state index contributed by atoms with van der Waals surface area (Å²) in [7, 11) is 1.35. The van der Waals surface area contributed by atoms with Gasteiger partial charge in [0.15, 0.2) is 0 Å². The van der Waals surface area contributed by atoms with E-state index in [0.717, 1.165) is 10.6 Å². The van der Waals surface area contributed by atoms with Gasteiger partial charge in [-0.15, -0.1) is 11.3 Å². The van der Waals surface area contributed by atoms with E-state index in [2.05, 4.69) is 9.72 Å². The van der Waals surface area contributed by atoms with E-state index in [-0.39, 0.29) is 11.8 Å². The first-order valence-electron chi connectivity index (χ1n) is 5.39. The van der Waals surface area contributed by atoms with E-state index in [9.17, 15) is 9.18 Å². The van der Waals surface area contributed by atoms with Crippen molar-refractivity contribution in [2.45, 2.75) is 13.3 Å². The first kappa shape index (κ1) is 12.7. The van der Waals surface area contributed by atoms with Crippen molar-refractivity contribution in [1.29, 1.82) is 0 Å². The number of thiazole rings is 1. The van der Waals surface area contributed by atoms with Gasteiger partial charge in [-0.1, -0.05) is 12.1 Å². The summed E-state index contributed by atoms with van der Waals surface area (Å²) < 4.78 is 17.4. The highest BCUT2D eigenvalue weighted by atomic mass is 32.1. The number of carbonyl (C=O) groups excluding carboxylic acids is 1. The highest BCUT2D eigenvalue weighted by Gasteiger charge is 2.15. The first-order chi connectivity index (χ1) is 8.60. The van der Waals surface area contributed by atoms with Gasteiger partial charge in [0.25, 0.3) is 0 Å². The largest absolute Gasteiger partial charge is 0.465 e. The highest BCUT2D eigenvalue weighted by molar-refractivity contribution is 7.13. The number of hydrogen-bond acceptors (Lipinski definition) is 4. The quantitative estimate of drug-likeness (QED) is 0.801. The molecule has 1 heterocycles. The lowest BCUT2D eigenvalue weighted by Gasteiger charge is -1.97. The van der Waals surface area contributed by atoms with E-state index < -0.39 is 0 Å². The van der Waals surface area contributed by atoms with Crippen molar-refractivity contribution < 1.29 is 13.9 Å². The minimum atomic E-state index is -0.365. The molecule has 0 N–H and O–H groups in total. The predicted octanol–water partition coefficient (Wildman–Crippen LogP) is 2.97. The summed E-state index contributed by atoms with van der Waals surface area (Å²) in [5, 5.41) is 0.819. The Kier molecular flexibility index (Phi) is 3.72. The zero-order valence-electron chi connectivity index (χ0n) is 10.1.